The Morgan fingerprint density at radius 2 is 1.06 bits per heavy atom. The zero-order valence-electron chi connectivity index (χ0n) is 26.3. The summed E-state index contributed by atoms with van der Waals surface area (Å²) in [4.78, 5) is 20.0. The topological polar surface area (TPSA) is 56.5 Å². The van der Waals surface area contributed by atoms with Crippen molar-refractivity contribution in [1.29, 1.82) is 0 Å². The minimum Gasteiger partial charge on any atom is -0.296 e. The second-order valence-corrected chi connectivity index (χ2v) is 12.0. The maximum Gasteiger partial charge on any atom is 0.164 e. The summed E-state index contributed by atoms with van der Waals surface area (Å²) in [6.07, 6.45) is 0.803. The van der Waals surface area contributed by atoms with Crippen molar-refractivity contribution in [1.82, 2.24) is 24.5 Å². The van der Waals surface area contributed by atoms with E-state index in [-0.39, 0.29) is 0 Å². The Balaban J connectivity index is 1.38. The number of aryl methyl sites for hydroxylation is 1. The Morgan fingerprint density at radius 3 is 1.81 bits per heavy atom. The molecule has 0 amide bonds. The number of para-hydroxylation sites is 3. The second-order valence-electron chi connectivity index (χ2n) is 11.6. The molecule has 5 nitrogen and oxygen atoms in total. The van der Waals surface area contributed by atoms with Crippen LogP contribution in [0.1, 0.15) is 12.7 Å². The van der Waals surface area contributed by atoms with Crippen LogP contribution in [0.5, 0.6) is 0 Å². The van der Waals surface area contributed by atoms with E-state index in [4.69, 9.17) is 31.5 Å². The Labute approximate surface area is 284 Å². The van der Waals surface area contributed by atoms with Crippen LogP contribution >= 0.6 is 11.6 Å². The molecule has 2 aromatic heterocycles. The van der Waals surface area contributed by atoms with Crippen LogP contribution in [0.4, 0.5) is 0 Å². The molecule has 230 valence electrons. The molecule has 0 bridgehead atoms. The van der Waals surface area contributed by atoms with E-state index in [2.05, 4.69) is 96.4 Å². The molecule has 6 heteroatoms. The summed E-state index contributed by atoms with van der Waals surface area (Å²) in [5.74, 6) is 2.75. The number of rotatable bonds is 7. The van der Waals surface area contributed by atoms with E-state index in [0.29, 0.717) is 22.5 Å². The van der Waals surface area contributed by atoms with E-state index in [1.165, 1.54) is 0 Å². The van der Waals surface area contributed by atoms with E-state index in [0.717, 1.165) is 67.9 Å². The van der Waals surface area contributed by atoms with E-state index in [1.807, 2.05) is 66.7 Å². The molecule has 0 fully saturated rings. The first-order valence-electron chi connectivity index (χ1n) is 16.0. The number of nitrogens with zero attached hydrogens (tertiary/aromatic N) is 5. The van der Waals surface area contributed by atoms with Crippen molar-refractivity contribution in [3.8, 4) is 62.1 Å². The van der Waals surface area contributed by atoms with Gasteiger partial charge in [0.25, 0.3) is 0 Å². The first-order chi connectivity index (χ1) is 23.6. The van der Waals surface area contributed by atoms with Gasteiger partial charge in [0.2, 0.25) is 0 Å². The van der Waals surface area contributed by atoms with Crippen molar-refractivity contribution < 1.29 is 0 Å². The first kappa shape index (κ1) is 29.5. The number of hydrogen-bond donors (Lipinski definition) is 0. The lowest BCUT2D eigenvalue weighted by molar-refractivity contribution is 0.909. The van der Waals surface area contributed by atoms with E-state index < -0.39 is 0 Å². The third-order valence-electron chi connectivity index (χ3n) is 8.45. The average Bonchev–Trinajstić information content (AvgIpc) is 3.54. The third-order valence-corrected chi connectivity index (χ3v) is 8.69. The SMILES string of the molecule is CCc1nc2ccccc2n1-c1ccccc1-c1cc(-c2ccccc2)cc(-c2nc(-c3ccccc3)nc(-c3cccc(Cl)c3)n2)c1. The third kappa shape index (κ3) is 5.65. The highest BCUT2D eigenvalue weighted by molar-refractivity contribution is 6.30. The van der Waals surface area contributed by atoms with Crippen LogP contribution in [0.3, 0.4) is 0 Å². The Bertz CT molecular complexity index is 2400. The minimum absolute atomic E-state index is 0.561. The zero-order chi connectivity index (χ0) is 32.5. The van der Waals surface area contributed by atoms with Gasteiger partial charge in [0.1, 0.15) is 5.82 Å². The van der Waals surface area contributed by atoms with Gasteiger partial charge >= 0.3 is 0 Å². The van der Waals surface area contributed by atoms with Crippen LogP contribution in [-0.4, -0.2) is 24.5 Å². The Morgan fingerprint density at radius 1 is 0.479 bits per heavy atom. The molecule has 0 saturated heterocycles. The van der Waals surface area contributed by atoms with Crippen LogP contribution in [0.15, 0.2) is 152 Å². The van der Waals surface area contributed by atoms with Gasteiger partial charge in [0.05, 0.1) is 16.7 Å². The standard InChI is InChI=1S/C42H30ClN5/c1-2-39-44-36-21-10-12-23-38(36)48(39)37-22-11-9-20-35(37)32-24-31(28-14-5-3-6-15-28)25-33(26-32)42-46-40(29-16-7-4-8-17-29)45-41(47-42)30-18-13-19-34(43)27-30/h3-27H,2H2,1H3. The number of benzene rings is 6. The fourth-order valence-electron chi connectivity index (χ4n) is 6.18. The first-order valence-corrected chi connectivity index (χ1v) is 16.4. The van der Waals surface area contributed by atoms with E-state index >= 15 is 0 Å². The van der Waals surface area contributed by atoms with Gasteiger partial charge in [-0.25, -0.2) is 19.9 Å². The van der Waals surface area contributed by atoms with Crippen molar-refractivity contribution in [3.05, 3.63) is 163 Å². The lowest BCUT2D eigenvalue weighted by Gasteiger charge is -2.16. The number of aromatic nitrogens is 5. The number of halogens is 1. The molecule has 48 heavy (non-hydrogen) atoms. The van der Waals surface area contributed by atoms with Gasteiger partial charge in [0, 0.05) is 33.7 Å². The molecule has 0 unspecified atom stereocenters. The van der Waals surface area contributed by atoms with Gasteiger partial charge in [-0.15, -0.1) is 0 Å². The molecule has 2 heterocycles. The summed E-state index contributed by atoms with van der Waals surface area (Å²) in [5, 5.41) is 0.624. The predicted molar refractivity (Wildman–Crippen MR) is 196 cm³/mol. The maximum atomic E-state index is 6.42. The summed E-state index contributed by atoms with van der Waals surface area (Å²) >= 11 is 6.42. The average molecular weight is 640 g/mol. The molecule has 6 aromatic carbocycles. The van der Waals surface area contributed by atoms with Gasteiger partial charge in [-0.05, 0) is 65.2 Å². The highest BCUT2D eigenvalue weighted by atomic mass is 35.5. The maximum absolute atomic E-state index is 6.42. The van der Waals surface area contributed by atoms with Crippen LogP contribution in [0, 0.1) is 0 Å². The quantitative estimate of drug-likeness (QED) is 0.174. The Hall–Kier alpha value is -5.91. The highest BCUT2D eigenvalue weighted by Gasteiger charge is 2.18. The largest absolute Gasteiger partial charge is 0.296 e. The van der Waals surface area contributed by atoms with Gasteiger partial charge in [-0.2, -0.15) is 0 Å². The zero-order valence-corrected chi connectivity index (χ0v) is 27.0. The van der Waals surface area contributed by atoms with E-state index in [1.54, 1.807) is 0 Å². The molecule has 0 aliphatic heterocycles. The number of imidazole rings is 1. The summed E-state index contributed by atoms with van der Waals surface area (Å²) in [6.45, 7) is 2.15. The van der Waals surface area contributed by atoms with Gasteiger partial charge in [-0.3, -0.25) is 4.57 Å². The monoisotopic (exact) mass is 639 g/mol. The number of hydrogen-bond acceptors (Lipinski definition) is 4. The molecule has 8 aromatic rings. The predicted octanol–water partition coefficient (Wildman–Crippen LogP) is 10.8. The fourth-order valence-corrected chi connectivity index (χ4v) is 6.37. The summed E-state index contributed by atoms with van der Waals surface area (Å²) in [6, 6.07) is 51.5. The minimum atomic E-state index is 0.561. The van der Waals surface area contributed by atoms with Crippen LogP contribution in [-0.2, 0) is 6.42 Å². The second kappa shape index (κ2) is 12.7. The van der Waals surface area contributed by atoms with Crippen molar-refractivity contribution in [2.45, 2.75) is 13.3 Å². The number of fused-ring (bicyclic) bond motifs is 1. The van der Waals surface area contributed by atoms with Crippen LogP contribution in [0.25, 0.3) is 73.1 Å². The highest BCUT2D eigenvalue weighted by Crippen LogP contribution is 2.37. The lowest BCUT2D eigenvalue weighted by atomic mass is 9.94. The van der Waals surface area contributed by atoms with Gasteiger partial charge in [0.15, 0.2) is 17.5 Å². The molecular formula is C42H30ClN5. The van der Waals surface area contributed by atoms with Crippen molar-refractivity contribution in [2.75, 3.05) is 0 Å². The molecule has 0 aliphatic carbocycles. The molecule has 0 aliphatic rings. The molecule has 8 rings (SSSR count). The van der Waals surface area contributed by atoms with E-state index in [9.17, 15) is 0 Å². The smallest absolute Gasteiger partial charge is 0.164 e. The molecule has 0 radical (unpaired) electrons. The lowest BCUT2D eigenvalue weighted by Crippen LogP contribution is -2.03. The fraction of sp³-hybridized carbons (Fsp3) is 0.0476. The van der Waals surface area contributed by atoms with Crippen molar-refractivity contribution >= 4 is 22.6 Å². The van der Waals surface area contributed by atoms with Crippen LogP contribution < -0.4 is 0 Å². The van der Waals surface area contributed by atoms with Crippen molar-refractivity contribution in [3.63, 3.8) is 0 Å². The molecule has 0 N–H and O–H groups in total. The molecule has 0 spiro atoms. The van der Waals surface area contributed by atoms with Crippen LogP contribution in [0.2, 0.25) is 5.02 Å². The summed E-state index contributed by atoms with van der Waals surface area (Å²) in [7, 11) is 0. The Kier molecular flexibility index (Phi) is 7.81. The molecule has 0 saturated carbocycles. The van der Waals surface area contributed by atoms with Crippen molar-refractivity contribution in [2.24, 2.45) is 0 Å². The molecular weight excluding hydrogens is 610 g/mol. The van der Waals surface area contributed by atoms with Gasteiger partial charge < -0.3 is 0 Å². The summed E-state index contributed by atoms with van der Waals surface area (Å²) < 4.78 is 2.28. The molecule has 0 atom stereocenters. The summed E-state index contributed by atoms with van der Waals surface area (Å²) in [5.41, 5.74) is 10.1. The normalized spacial score (nSPS) is 11.2. The van der Waals surface area contributed by atoms with Gasteiger partial charge in [-0.1, -0.05) is 122 Å².